The van der Waals surface area contributed by atoms with Gasteiger partial charge in [0.2, 0.25) is 5.91 Å². The first kappa shape index (κ1) is 14.3. The predicted molar refractivity (Wildman–Crippen MR) is 83.2 cm³/mol. The van der Waals surface area contributed by atoms with Gasteiger partial charge in [-0.05, 0) is 43.2 Å². The van der Waals surface area contributed by atoms with Gasteiger partial charge < -0.3 is 14.6 Å². The van der Waals surface area contributed by atoms with E-state index < -0.39 is 0 Å². The zero-order valence-corrected chi connectivity index (χ0v) is 12.2. The molecule has 0 saturated carbocycles. The highest BCUT2D eigenvalue weighted by molar-refractivity contribution is 5.91. The van der Waals surface area contributed by atoms with Gasteiger partial charge in [-0.1, -0.05) is 0 Å². The van der Waals surface area contributed by atoms with E-state index in [1.807, 2.05) is 12.1 Å². The largest absolute Gasteiger partial charge is 0.465 e. The second-order valence-corrected chi connectivity index (χ2v) is 5.22. The van der Waals surface area contributed by atoms with Crippen LogP contribution in [0.3, 0.4) is 0 Å². The summed E-state index contributed by atoms with van der Waals surface area (Å²) in [5.41, 5.74) is 0. The van der Waals surface area contributed by atoms with Gasteiger partial charge in [0.25, 0.3) is 0 Å². The third-order valence-corrected chi connectivity index (χ3v) is 3.59. The van der Waals surface area contributed by atoms with Crippen LogP contribution in [0.2, 0.25) is 0 Å². The van der Waals surface area contributed by atoms with Crippen LogP contribution in [0.5, 0.6) is 0 Å². The molecule has 114 valence electrons. The molecular formula is C16H18N4O2. The van der Waals surface area contributed by atoms with E-state index in [0.29, 0.717) is 5.76 Å². The molecule has 1 saturated heterocycles. The van der Waals surface area contributed by atoms with E-state index in [9.17, 15) is 4.79 Å². The highest BCUT2D eigenvalue weighted by Crippen LogP contribution is 2.16. The molecule has 0 spiro atoms. The Kier molecular flexibility index (Phi) is 4.48. The van der Waals surface area contributed by atoms with E-state index in [-0.39, 0.29) is 11.9 Å². The number of hydrogen-bond donors (Lipinski definition) is 1. The Morgan fingerprint density at radius 2 is 2.36 bits per heavy atom. The Morgan fingerprint density at radius 1 is 1.41 bits per heavy atom. The lowest BCUT2D eigenvalue weighted by Gasteiger charge is -2.33. The second-order valence-electron chi connectivity index (χ2n) is 5.22. The highest BCUT2D eigenvalue weighted by Gasteiger charge is 2.21. The summed E-state index contributed by atoms with van der Waals surface area (Å²) in [6, 6.07) is 7.52. The first-order valence-corrected chi connectivity index (χ1v) is 7.36. The summed E-state index contributed by atoms with van der Waals surface area (Å²) in [7, 11) is 0. The Morgan fingerprint density at radius 3 is 3.14 bits per heavy atom. The van der Waals surface area contributed by atoms with Crippen molar-refractivity contribution in [1.82, 2.24) is 15.5 Å². The second kappa shape index (κ2) is 6.89. The first-order valence-electron chi connectivity index (χ1n) is 7.36. The fourth-order valence-corrected chi connectivity index (χ4v) is 2.56. The summed E-state index contributed by atoms with van der Waals surface area (Å²) >= 11 is 0. The maximum absolute atomic E-state index is 12.0. The Balaban J connectivity index is 1.55. The summed E-state index contributed by atoms with van der Waals surface area (Å²) in [6.45, 7) is 1.69. The van der Waals surface area contributed by atoms with Gasteiger partial charge in [0.1, 0.15) is 5.76 Å². The van der Waals surface area contributed by atoms with Crippen LogP contribution >= 0.6 is 0 Å². The summed E-state index contributed by atoms with van der Waals surface area (Å²) < 4.78 is 5.16. The molecule has 2 aromatic rings. The van der Waals surface area contributed by atoms with Crippen molar-refractivity contribution in [3.05, 3.63) is 48.6 Å². The number of furan rings is 1. The molecule has 1 N–H and O–H groups in total. The molecule has 22 heavy (non-hydrogen) atoms. The fraction of sp³-hybridized carbons (Fsp3) is 0.312. The number of amides is 1. The van der Waals surface area contributed by atoms with Crippen LogP contribution in [0.15, 0.2) is 47.2 Å². The van der Waals surface area contributed by atoms with Gasteiger partial charge in [0, 0.05) is 31.4 Å². The molecule has 1 aliphatic heterocycles. The number of hydrogen-bond acceptors (Lipinski definition) is 5. The highest BCUT2D eigenvalue weighted by atomic mass is 16.3. The number of nitrogens with zero attached hydrogens (tertiary/aromatic N) is 3. The molecule has 2 aromatic heterocycles. The zero-order chi connectivity index (χ0) is 15.2. The SMILES string of the molecule is O=C(/C=C/c1ccco1)NC1CCCN(c2cccnn2)C1. The molecule has 6 heteroatoms. The van der Waals surface area contributed by atoms with E-state index in [0.717, 1.165) is 31.7 Å². The van der Waals surface area contributed by atoms with Crippen LogP contribution in [0.1, 0.15) is 18.6 Å². The minimum Gasteiger partial charge on any atom is -0.465 e. The van der Waals surface area contributed by atoms with Crippen LogP contribution in [0.4, 0.5) is 5.82 Å². The average Bonchev–Trinajstić information content (AvgIpc) is 3.08. The molecule has 1 atom stereocenters. The van der Waals surface area contributed by atoms with Crippen LogP contribution < -0.4 is 10.2 Å². The molecular weight excluding hydrogens is 280 g/mol. The zero-order valence-electron chi connectivity index (χ0n) is 12.2. The molecule has 0 radical (unpaired) electrons. The molecule has 6 nitrogen and oxygen atoms in total. The molecule has 1 aliphatic rings. The molecule has 1 fully saturated rings. The summed E-state index contributed by atoms with van der Waals surface area (Å²) in [5, 5.41) is 11.0. The van der Waals surface area contributed by atoms with Gasteiger partial charge in [-0.3, -0.25) is 4.79 Å². The van der Waals surface area contributed by atoms with Gasteiger partial charge in [-0.2, -0.15) is 5.10 Å². The smallest absolute Gasteiger partial charge is 0.244 e. The molecule has 3 rings (SSSR count). The number of piperidine rings is 1. The van der Waals surface area contributed by atoms with Crippen molar-refractivity contribution in [3.63, 3.8) is 0 Å². The van der Waals surface area contributed by atoms with Crippen molar-refractivity contribution in [2.75, 3.05) is 18.0 Å². The third kappa shape index (κ3) is 3.72. The van der Waals surface area contributed by atoms with Gasteiger partial charge in [0.15, 0.2) is 5.82 Å². The predicted octanol–water partition coefficient (Wildman–Crippen LogP) is 1.87. The Labute approximate surface area is 128 Å². The van der Waals surface area contributed by atoms with Crippen molar-refractivity contribution in [3.8, 4) is 0 Å². The standard InChI is InChI=1S/C16H18N4O2/c21-16(8-7-14-5-3-11-22-14)18-13-4-2-10-20(12-13)15-6-1-9-17-19-15/h1,3,5-9,11,13H,2,4,10,12H2,(H,18,21)/b8-7+. The van der Waals surface area contributed by atoms with Crippen LogP contribution in [-0.2, 0) is 4.79 Å². The molecule has 3 heterocycles. The van der Waals surface area contributed by atoms with Crippen LogP contribution in [0.25, 0.3) is 6.08 Å². The lowest BCUT2D eigenvalue weighted by molar-refractivity contribution is -0.117. The summed E-state index contributed by atoms with van der Waals surface area (Å²) in [4.78, 5) is 14.1. The third-order valence-electron chi connectivity index (χ3n) is 3.59. The minimum absolute atomic E-state index is 0.109. The first-order chi connectivity index (χ1) is 10.8. The van der Waals surface area contributed by atoms with E-state index >= 15 is 0 Å². The number of aromatic nitrogens is 2. The summed E-state index contributed by atoms with van der Waals surface area (Å²) in [6.07, 6.45) is 8.39. The van der Waals surface area contributed by atoms with Crippen molar-refractivity contribution >= 4 is 17.8 Å². The Hall–Kier alpha value is -2.63. The molecule has 0 bridgehead atoms. The molecule has 0 aromatic carbocycles. The number of anilines is 1. The van der Waals surface area contributed by atoms with Crippen LogP contribution in [0, 0.1) is 0 Å². The van der Waals surface area contributed by atoms with E-state index in [1.165, 1.54) is 6.08 Å². The average molecular weight is 298 g/mol. The van der Waals surface area contributed by atoms with E-state index in [4.69, 9.17) is 4.42 Å². The number of carbonyl (C=O) groups excluding carboxylic acids is 1. The van der Waals surface area contributed by atoms with E-state index in [2.05, 4.69) is 20.4 Å². The van der Waals surface area contributed by atoms with E-state index in [1.54, 1.807) is 30.7 Å². The maximum Gasteiger partial charge on any atom is 0.244 e. The minimum atomic E-state index is -0.109. The number of carbonyl (C=O) groups is 1. The van der Waals surface area contributed by atoms with Crippen molar-refractivity contribution in [2.24, 2.45) is 0 Å². The van der Waals surface area contributed by atoms with Crippen LogP contribution in [-0.4, -0.2) is 35.2 Å². The molecule has 0 aliphatic carbocycles. The molecule has 1 unspecified atom stereocenters. The van der Waals surface area contributed by atoms with Crippen molar-refractivity contribution < 1.29 is 9.21 Å². The van der Waals surface area contributed by atoms with Crippen molar-refractivity contribution in [2.45, 2.75) is 18.9 Å². The number of nitrogens with one attached hydrogen (secondary N) is 1. The lowest BCUT2D eigenvalue weighted by Crippen LogP contribution is -2.47. The maximum atomic E-state index is 12.0. The van der Waals surface area contributed by atoms with Crippen molar-refractivity contribution in [1.29, 1.82) is 0 Å². The van der Waals surface area contributed by atoms with Gasteiger partial charge in [0.05, 0.1) is 6.26 Å². The van der Waals surface area contributed by atoms with Gasteiger partial charge in [-0.25, -0.2) is 0 Å². The quantitative estimate of drug-likeness (QED) is 0.872. The molecule has 1 amide bonds. The Bertz CT molecular complexity index is 625. The topological polar surface area (TPSA) is 71.3 Å². The normalized spacial score (nSPS) is 18.5. The number of rotatable bonds is 4. The fourth-order valence-electron chi connectivity index (χ4n) is 2.56. The summed E-state index contributed by atoms with van der Waals surface area (Å²) in [5.74, 6) is 1.41. The lowest BCUT2D eigenvalue weighted by atomic mass is 10.1. The van der Waals surface area contributed by atoms with Gasteiger partial charge >= 0.3 is 0 Å². The monoisotopic (exact) mass is 298 g/mol. The van der Waals surface area contributed by atoms with Gasteiger partial charge in [-0.15, -0.1) is 5.10 Å².